The van der Waals surface area contributed by atoms with Gasteiger partial charge in [0.1, 0.15) is 0 Å². The normalized spacial score (nSPS) is 26.2. The van der Waals surface area contributed by atoms with Gasteiger partial charge in [-0.3, -0.25) is 11.3 Å². The van der Waals surface area contributed by atoms with Crippen molar-refractivity contribution < 1.29 is 4.74 Å². The summed E-state index contributed by atoms with van der Waals surface area (Å²) in [6.07, 6.45) is 3.94. The van der Waals surface area contributed by atoms with Crippen LogP contribution in [-0.4, -0.2) is 30.3 Å². The average Bonchev–Trinajstić information content (AvgIpc) is 2.27. The second-order valence-corrected chi connectivity index (χ2v) is 5.54. The van der Waals surface area contributed by atoms with Crippen molar-refractivity contribution in [1.82, 2.24) is 5.43 Å². The van der Waals surface area contributed by atoms with E-state index < -0.39 is 0 Å². The third-order valence-electron chi connectivity index (χ3n) is 2.94. The van der Waals surface area contributed by atoms with Gasteiger partial charge in [0.25, 0.3) is 0 Å². The topological polar surface area (TPSA) is 47.3 Å². The molecule has 1 heterocycles. The summed E-state index contributed by atoms with van der Waals surface area (Å²) in [5, 5.41) is 0. The molecule has 3 N–H and O–H groups in total. The summed E-state index contributed by atoms with van der Waals surface area (Å²) in [7, 11) is 0. The molecule has 0 saturated carbocycles. The summed E-state index contributed by atoms with van der Waals surface area (Å²) in [5.74, 6) is 8.54. The summed E-state index contributed by atoms with van der Waals surface area (Å²) in [6, 6.07) is 0.319. The number of ether oxygens (including phenoxy) is 1. The van der Waals surface area contributed by atoms with Crippen molar-refractivity contribution in [2.45, 2.75) is 45.3 Å². The first-order chi connectivity index (χ1) is 7.27. The first-order valence-corrected chi connectivity index (χ1v) is 7.08. The Bertz CT molecular complexity index is 163. The highest BCUT2D eigenvalue weighted by Crippen LogP contribution is 2.21. The largest absolute Gasteiger partial charge is 0.375 e. The molecule has 4 heteroatoms. The Hall–Kier alpha value is 0.230. The van der Waals surface area contributed by atoms with Crippen molar-refractivity contribution in [2.75, 3.05) is 18.1 Å². The zero-order chi connectivity index (χ0) is 11.1. The Kier molecular flexibility index (Phi) is 6.64. The number of hydrogen-bond acceptors (Lipinski definition) is 4. The van der Waals surface area contributed by atoms with E-state index in [1.54, 1.807) is 0 Å². The highest BCUT2D eigenvalue weighted by Gasteiger charge is 2.25. The first kappa shape index (κ1) is 13.3. The van der Waals surface area contributed by atoms with Crippen LogP contribution in [0, 0.1) is 5.92 Å². The van der Waals surface area contributed by atoms with E-state index in [4.69, 9.17) is 10.6 Å². The average molecular weight is 232 g/mol. The molecule has 0 bridgehead atoms. The van der Waals surface area contributed by atoms with E-state index >= 15 is 0 Å². The lowest BCUT2D eigenvalue weighted by Crippen LogP contribution is -2.48. The van der Waals surface area contributed by atoms with Crippen LogP contribution in [0.1, 0.15) is 33.1 Å². The van der Waals surface area contributed by atoms with Gasteiger partial charge in [0, 0.05) is 17.5 Å². The summed E-state index contributed by atoms with van der Waals surface area (Å²) >= 11 is 1.97. The van der Waals surface area contributed by atoms with Crippen LogP contribution in [0.4, 0.5) is 0 Å². The monoisotopic (exact) mass is 232 g/mol. The van der Waals surface area contributed by atoms with Crippen molar-refractivity contribution in [3.8, 4) is 0 Å². The van der Waals surface area contributed by atoms with E-state index in [9.17, 15) is 0 Å². The molecular weight excluding hydrogens is 208 g/mol. The lowest BCUT2D eigenvalue weighted by molar-refractivity contribution is 0.0404. The van der Waals surface area contributed by atoms with Gasteiger partial charge in [0.05, 0.1) is 12.7 Å². The third kappa shape index (κ3) is 4.72. The summed E-state index contributed by atoms with van der Waals surface area (Å²) < 4.78 is 5.75. The third-order valence-corrected chi connectivity index (χ3v) is 3.96. The molecular formula is C11H24N2OS. The number of hydrogen-bond donors (Lipinski definition) is 2. The van der Waals surface area contributed by atoms with Gasteiger partial charge in [-0.15, -0.1) is 0 Å². The summed E-state index contributed by atoms with van der Waals surface area (Å²) in [6.45, 7) is 5.40. The predicted octanol–water partition coefficient (Wildman–Crippen LogP) is 1.78. The van der Waals surface area contributed by atoms with Crippen LogP contribution < -0.4 is 11.3 Å². The van der Waals surface area contributed by atoms with Crippen LogP contribution in [0.15, 0.2) is 0 Å². The Morgan fingerprint density at radius 1 is 1.60 bits per heavy atom. The van der Waals surface area contributed by atoms with Crippen molar-refractivity contribution in [3.05, 3.63) is 0 Å². The van der Waals surface area contributed by atoms with E-state index in [-0.39, 0.29) is 0 Å². The Balaban J connectivity index is 2.32. The van der Waals surface area contributed by atoms with Gasteiger partial charge in [0.15, 0.2) is 0 Å². The lowest BCUT2D eigenvalue weighted by Gasteiger charge is -2.31. The second-order valence-electron chi connectivity index (χ2n) is 4.39. The van der Waals surface area contributed by atoms with E-state index in [0.29, 0.717) is 12.1 Å². The van der Waals surface area contributed by atoms with Crippen LogP contribution >= 0.6 is 11.8 Å². The van der Waals surface area contributed by atoms with Crippen molar-refractivity contribution >= 4 is 11.8 Å². The second kappa shape index (κ2) is 7.49. The fourth-order valence-electron chi connectivity index (χ4n) is 2.11. The smallest absolute Gasteiger partial charge is 0.0832 e. The molecule has 1 aliphatic heterocycles. The fraction of sp³-hybridized carbons (Fsp3) is 1.00. The standard InChI is InChI=1S/C11H24N2OS/c1-3-4-9(2)7-10(13-12)11-8-15-6-5-14-11/h9-11,13H,3-8,12H2,1-2H3. The molecule has 0 radical (unpaired) electrons. The maximum Gasteiger partial charge on any atom is 0.0832 e. The van der Waals surface area contributed by atoms with Crippen LogP contribution in [-0.2, 0) is 4.74 Å². The quantitative estimate of drug-likeness (QED) is 0.541. The molecule has 3 atom stereocenters. The molecule has 3 unspecified atom stereocenters. The lowest BCUT2D eigenvalue weighted by atomic mass is 9.95. The van der Waals surface area contributed by atoms with E-state index in [1.807, 2.05) is 11.8 Å². The highest BCUT2D eigenvalue weighted by atomic mass is 32.2. The molecule has 1 aliphatic rings. The van der Waals surface area contributed by atoms with E-state index in [0.717, 1.165) is 30.5 Å². The zero-order valence-corrected chi connectivity index (χ0v) is 10.7. The van der Waals surface area contributed by atoms with Gasteiger partial charge in [0.2, 0.25) is 0 Å². The maximum absolute atomic E-state index is 5.75. The van der Waals surface area contributed by atoms with Crippen LogP contribution in [0.3, 0.4) is 0 Å². The molecule has 0 aromatic heterocycles. The molecule has 15 heavy (non-hydrogen) atoms. The van der Waals surface area contributed by atoms with E-state index in [2.05, 4.69) is 19.3 Å². The summed E-state index contributed by atoms with van der Waals surface area (Å²) in [5.41, 5.74) is 2.92. The molecule has 0 aliphatic carbocycles. The molecule has 1 rings (SSSR count). The Morgan fingerprint density at radius 3 is 2.93 bits per heavy atom. The number of nitrogens with one attached hydrogen (secondary N) is 1. The molecule has 3 nitrogen and oxygen atoms in total. The van der Waals surface area contributed by atoms with Crippen molar-refractivity contribution in [1.29, 1.82) is 0 Å². The van der Waals surface area contributed by atoms with E-state index in [1.165, 1.54) is 12.8 Å². The Morgan fingerprint density at radius 2 is 2.40 bits per heavy atom. The number of rotatable bonds is 6. The Labute approximate surface area is 97.5 Å². The highest BCUT2D eigenvalue weighted by molar-refractivity contribution is 7.99. The number of thioether (sulfide) groups is 1. The van der Waals surface area contributed by atoms with Crippen LogP contribution in [0.5, 0.6) is 0 Å². The van der Waals surface area contributed by atoms with Crippen LogP contribution in [0.25, 0.3) is 0 Å². The minimum atomic E-state index is 0.299. The fourth-order valence-corrected chi connectivity index (χ4v) is 3.05. The minimum absolute atomic E-state index is 0.299. The minimum Gasteiger partial charge on any atom is -0.375 e. The van der Waals surface area contributed by atoms with Crippen molar-refractivity contribution in [2.24, 2.45) is 11.8 Å². The first-order valence-electron chi connectivity index (χ1n) is 5.93. The van der Waals surface area contributed by atoms with Gasteiger partial charge < -0.3 is 4.74 Å². The molecule has 90 valence electrons. The predicted molar refractivity (Wildman–Crippen MR) is 66.9 cm³/mol. The molecule has 1 fully saturated rings. The molecule has 0 aromatic rings. The molecule has 1 saturated heterocycles. The summed E-state index contributed by atoms with van der Waals surface area (Å²) in [4.78, 5) is 0. The van der Waals surface area contributed by atoms with Gasteiger partial charge in [-0.1, -0.05) is 26.7 Å². The van der Waals surface area contributed by atoms with Gasteiger partial charge in [-0.2, -0.15) is 11.8 Å². The van der Waals surface area contributed by atoms with Crippen molar-refractivity contribution in [3.63, 3.8) is 0 Å². The van der Waals surface area contributed by atoms with Crippen LogP contribution in [0.2, 0.25) is 0 Å². The number of nitrogens with two attached hydrogens (primary N) is 1. The SMILES string of the molecule is CCCC(C)CC(NN)C1CSCCO1. The molecule has 0 spiro atoms. The number of hydrazine groups is 1. The maximum atomic E-state index is 5.75. The van der Waals surface area contributed by atoms with Gasteiger partial charge in [-0.25, -0.2) is 0 Å². The van der Waals surface area contributed by atoms with Gasteiger partial charge in [-0.05, 0) is 12.3 Å². The molecule has 0 aromatic carbocycles. The zero-order valence-electron chi connectivity index (χ0n) is 9.87. The van der Waals surface area contributed by atoms with Gasteiger partial charge >= 0.3 is 0 Å². The molecule has 0 amide bonds.